The monoisotopic (exact) mass is 263 g/mol. The average molecular weight is 263 g/mol. The summed E-state index contributed by atoms with van der Waals surface area (Å²) in [6.07, 6.45) is 4.29. The van der Waals surface area contributed by atoms with Crippen LogP contribution in [-0.2, 0) is 13.6 Å². The summed E-state index contributed by atoms with van der Waals surface area (Å²) in [6.45, 7) is 7.59. The van der Waals surface area contributed by atoms with Gasteiger partial charge < -0.3 is 10.2 Å². The standard InChI is InChI=1S/C14H25N5/c1-5-14(2)7-9-19(11-14)13(15-3)16-10-12-6-8-17-18(12)4/h6,8H,5,7,9-11H2,1-4H3,(H,15,16). The maximum Gasteiger partial charge on any atom is 0.193 e. The maximum atomic E-state index is 4.40. The van der Waals surface area contributed by atoms with Crippen LogP contribution in [0.4, 0.5) is 0 Å². The Morgan fingerprint density at radius 1 is 1.58 bits per heavy atom. The zero-order valence-electron chi connectivity index (χ0n) is 12.5. The second kappa shape index (κ2) is 5.63. The molecule has 0 aromatic carbocycles. The number of aliphatic imine (C=N–C) groups is 1. The predicted molar refractivity (Wildman–Crippen MR) is 78.0 cm³/mol. The van der Waals surface area contributed by atoms with Gasteiger partial charge in [-0.1, -0.05) is 13.8 Å². The summed E-state index contributed by atoms with van der Waals surface area (Å²) in [5, 5.41) is 7.61. The van der Waals surface area contributed by atoms with Crippen LogP contribution < -0.4 is 5.32 Å². The van der Waals surface area contributed by atoms with Crippen molar-refractivity contribution >= 4 is 5.96 Å². The minimum Gasteiger partial charge on any atom is -0.351 e. The predicted octanol–water partition coefficient (Wildman–Crippen LogP) is 1.62. The van der Waals surface area contributed by atoms with Crippen molar-refractivity contribution in [3.8, 4) is 0 Å². The summed E-state index contributed by atoms with van der Waals surface area (Å²) in [5.74, 6) is 0.998. The number of aromatic nitrogens is 2. The van der Waals surface area contributed by atoms with E-state index in [-0.39, 0.29) is 0 Å². The number of guanidine groups is 1. The molecule has 2 heterocycles. The normalized spacial score (nSPS) is 24.0. The minimum atomic E-state index is 0.435. The highest BCUT2D eigenvalue weighted by atomic mass is 15.3. The molecule has 19 heavy (non-hydrogen) atoms. The van der Waals surface area contributed by atoms with E-state index in [0.717, 1.165) is 25.6 Å². The second-order valence-corrected chi connectivity index (χ2v) is 5.68. The minimum absolute atomic E-state index is 0.435. The lowest BCUT2D eigenvalue weighted by Gasteiger charge is -2.25. The third-order valence-electron chi connectivity index (χ3n) is 4.27. The lowest BCUT2D eigenvalue weighted by Crippen LogP contribution is -2.40. The van der Waals surface area contributed by atoms with Crippen LogP contribution in [0.3, 0.4) is 0 Å². The van der Waals surface area contributed by atoms with Gasteiger partial charge in [0.2, 0.25) is 0 Å². The summed E-state index contributed by atoms with van der Waals surface area (Å²) in [4.78, 5) is 6.76. The van der Waals surface area contributed by atoms with Crippen molar-refractivity contribution < 1.29 is 0 Å². The van der Waals surface area contributed by atoms with E-state index in [0.29, 0.717) is 5.41 Å². The lowest BCUT2D eigenvalue weighted by atomic mass is 9.87. The number of nitrogens with zero attached hydrogens (tertiary/aromatic N) is 4. The van der Waals surface area contributed by atoms with Gasteiger partial charge in [-0.25, -0.2) is 0 Å². The molecule has 1 fully saturated rings. The smallest absolute Gasteiger partial charge is 0.193 e. The summed E-state index contributed by atoms with van der Waals surface area (Å²) in [5.41, 5.74) is 1.60. The molecular formula is C14H25N5. The number of rotatable bonds is 3. The third kappa shape index (κ3) is 3.08. The Balaban J connectivity index is 1.93. The molecule has 1 aromatic rings. The Bertz CT molecular complexity index is 450. The Morgan fingerprint density at radius 2 is 2.37 bits per heavy atom. The third-order valence-corrected chi connectivity index (χ3v) is 4.27. The molecule has 5 nitrogen and oxygen atoms in total. The van der Waals surface area contributed by atoms with Crippen molar-refractivity contribution in [1.82, 2.24) is 20.0 Å². The fourth-order valence-electron chi connectivity index (χ4n) is 2.57. The number of aryl methyl sites for hydroxylation is 1. The highest BCUT2D eigenvalue weighted by Gasteiger charge is 2.33. The fourth-order valence-corrected chi connectivity index (χ4v) is 2.57. The molecule has 1 aliphatic rings. The molecule has 0 amide bonds. The zero-order chi connectivity index (χ0) is 13.9. The topological polar surface area (TPSA) is 45.4 Å². The molecule has 1 saturated heterocycles. The first-order chi connectivity index (χ1) is 9.08. The Hall–Kier alpha value is -1.52. The van der Waals surface area contributed by atoms with Gasteiger partial charge in [-0.15, -0.1) is 0 Å². The van der Waals surface area contributed by atoms with Crippen LogP contribution in [0.15, 0.2) is 17.3 Å². The molecule has 1 aliphatic heterocycles. The molecule has 0 bridgehead atoms. The van der Waals surface area contributed by atoms with Gasteiger partial charge in [0, 0.05) is 33.4 Å². The van der Waals surface area contributed by atoms with Gasteiger partial charge in [0.05, 0.1) is 12.2 Å². The van der Waals surface area contributed by atoms with Gasteiger partial charge in [-0.05, 0) is 24.3 Å². The Morgan fingerprint density at radius 3 is 2.89 bits per heavy atom. The van der Waals surface area contributed by atoms with Crippen molar-refractivity contribution in [2.45, 2.75) is 33.2 Å². The first kappa shape index (κ1) is 13.9. The van der Waals surface area contributed by atoms with E-state index < -0.39 is 0 Å². The summed E-state index contributed by atoms with van der Waals surface area (Å²) < 4.78 is 1.89. The molecule has 5 heteroatoms. The van der Waals surface area contributed by atoms with E-state index in [2.05, 4.69) is 34.2 Å². The molecule has 0 spiro atoms. The summed E-state index contributed by atoms with van der Waals surface area (Å²) in [7, 11) is 3.82. The van der Waals surface area contributed by atoms with Crippen molar-refractivity contribution in [2.24, 2.45) is 17.5 Å². The molecule has 0 radical (unpaired) electrons. The van der Waals surface area contributed by atoms with Crippen LogP contribution in [0.2, 0.25) is 0 Å². The summed E-state index contributed by atoms with van der Waals surface area (Å²) >= 11 is 0. The van der Waals surface area contributed by atoms with Gasteiger partial charge in [-0.3, -0.25) is 9.67 Å². The maximum absolute atomic E-state index is 4.40. The van der Waals surface area contributed by atoms with Crippen LogP contribution in [0, 0.1) is 5.41 Å². The molecule has 0 aliphatic carbocycles. The molecule has 1 unspecified atom stereocenters. The van der Waals surface area contributed by atoms with Gasteiger partial charge in [0.25, 0.3) is 0 Å². The molecule has 1 aromatic heterocycles. The van der Waals surface area contributed by atoms with E-state index in [4.69, 9.17) is 0 Å². The van der Waals surface area contributed by atoms with Crippen molar-refractivity contribution in [3.63, 3.8) is 0 Å². The first-order valence-electron chi connectivity index (χ1n) is 7.00. The molecule has 1 N–H and O–H groups in total. The Labute approximate surface area is 115 Å². The van der Waals surface area contributed by atoms with Crippen LogP contribution in [-0.4, -0.2) is 40.8 Å². The molecule has 1 atom stereocenters. The number of nitrogens with one attached hydrogen (secondary N) is 1. The fraction of sp³-hybridized carbons (Fsp3) is 0.714. The highest BCUT2D eigenvalue weighted by Crippen LogP contribution is 2.32. The van der Waals surface area contributed by atoms with E-state index in [1.54, 1.807) is 0 Å². The molecule has 2 rings (SSSR count). The Kier molecular flexibility index (Phi) is 4.12. The quantitative estimate of drug-likeness (QED) is 0.666. The largest absolute Gasteiger partial charge is 0.351 e. The lowest BCUT2D eigenvalue weighted by molar-refractivity contribution is 0.322. The van der Waals surface area contributed by atoms with Crippen molar-refractivity contribution in [2.75, 3.05) is 20.1 Å². The number of hydrogen-bond acceptors (Lipinski definition) is 2. The second-order valence-electron chi connectivity index (χ2n) is 5.68. The van der Waals surface area contributed by atoms with Gasteiger partial charge in [0.1, 0.15) is 0 Å². The molecule has 106 valence electrons. The highest BCUT2D eigenvalue weighted by molar-refractivity contribution is 5.80. The van der Waals surface area contributed by atoms with Crippen LogP contribution in [0.25, 0.3) is 0 Å². The van der Waals surface area contributed by atoms with Gasteiger partial charge in [0.15, 0.2) is 5.96 Å². The molecule has 0 saturated carbocycles. The van der Waals surface area contributed by atoms with E-state index in [1.165, 1.54) is 18.5 Å². The first-order valence-corrected chi connectivity index (χ1v) is 7.00. The van der Waals surface area contributed by atoms with Gasteiger partial charge >= 0.3 is 0 Å². The van der Waals surface area contributed by atoms with Crippen molar-refractivity contribution in [1.29, 1.82) is 0 Å². The van der Waals surface area contributed by atoms with Crippen LogP contribution in [0.5, 0.6) is 0 Å². The SMILES string of the molecule is CCC1(C)CCN(C(=NC)NCc2ccnn2C)C1. The van der Waals surface area contributed by atoms with E-state index in [9.17, 15) is 0 Å². The summed E-state index contributed by atoms with van der Waals surface area (Å²) in [6, 6.07) is 2.03. The zero-order valence-corrected chi connectivity index (χ0v) is 12.5. The van der Waals surface area contributed by atoms with Crippen LogP contribution >= 0.6 is 0 Å². The number of likely N-dealkylation sites (tertiary alicyclic amines) is 1. The number of hydrogen-bond donors (Lipinski definition) is 1. The van der Waals surface area contributed by atoms with Gasteiger partial charge in [-0.2, -0.15) is 5.10 Å². The molecular weight excluding hydrogens is 238 g/mol. The van der Waals surface area contributed by atoms with E-state index >= 15 is 0 Å². The average Bonchev–Trinajstić information content (AvgIpc) is 2.98. The van der Waals surface area contributed by atoms with Crippen molar-refractivity contribution in [3.05, 3.63) is 18.0 Å². The van der Waals surface area contributed by atoms with E-state index in [1.807, 2.05) is 31.0 Å². The van der Waals surface area contributed by atoms with Crippen LogP contribution in [0.1, 0.15) is 32.4 Å².